The number of nitrogens with zero attached hydrogens (tertiary/aromatic N) is 2. The molecule has 0 aliphatic carbocycles. The first kappa shape index (κ1) is 16.1. The van der Waals surface area contributed by atoms with E-state index in [-0.39, 0.29) is 35.4 Å². The van der Waals surface area contributed by atoms with Crippen LogP contribution in [0.4, 0.5) is 5.69 Å². The molecule has 10 heteroatoms. The van der Waals surface area contributed by atoms with Crippen LogP contribution in [0, 0.1) is 10.1 Å². The Bertz CT molecular complexity index is 953. The third-order valence-corrected chi connectivity index (χ3v) is 4.20. The van der Waals surface area contributed by atoms with Gasteiger partial charge in [-0.05, 0) is 36.5 Å². The van der Waals surface area contributed by atoms with Gasteiger partial charge >= 0.3 is 0 Å². The van der Waals surface area contributed by atoms with Crippen LogP contribution >= 0.6 is 12.2 Å². The van der Waals surface area contributed by atoms with Crippen LogP contribution in [0.1, 0.15) is 11.3 Å². The summed E-state index contributed by atoms with van der Waals surface area (Å²) in [5, 5.41) is 14.3. The summed E-state index contributed by atoms with van der Waals surface area (Å²) in [5.74, 6) is 0.832. The Hall–Kier alpha value is -3.40. The smallest absolute Gasteiger partial charge is 0.280 e. The number of ether oxygens (including phenoxy) is 2. The number of nitro groups is 1. The first-order valence-corrected chi connectivity index (χ1v) is 7.89. The molecule has 2 aromatic rings. The Morgan fingerprint density at radius 3 is 2.81 bits per heavy atom. The third kappa shape index (κ3) is 2.75. The molecule has 1 amide bonds. The lowest BCUT2D eigenvalue weighted by atomic mass is 10.1. The second-order valence-corrected chi connectivity index (χ2v) is 5.87. The zero-order valence-corrected chi connectivity index (χ0v) is 13.9. The second kappa shape index (κ2) is 6.15. The molecule has 1 aromatic carbocycles. The van der Waals surface area contributed by atoms with Crippen LogP contribution in [0.2, 0.25) is 0 Å². The minimum atomic E-state index is -0.549. The number of carbonyl (C=O) groups excluding carboxylic acids is 1. The lowest BCUT2D eigenvalue weighted by Crippen LogP contribution is -2.29. The first-order chi connectivity index (χ1) is 12.5. The maximum Gasteiger partial charge on any atom is 0.280 e. The van der Waals surface area contributed by atoms with Crippen LogP contribution in [-0.2, 0) is 11.3 Å². The highest BCUT2D eigenvalue weighted by atomic mass is 32.1. The van der Waals surface area contributed by atoms with Gasteiger partial charge in [0.2, 0.25) is 6.79 Å². The van der Waals surface area contributed by atoms with Crippen LogP contribution < -0.4 is 14.8 Å². The number of carbonyl (C=O) groups is 1. The fraction of sp³-hybridized carbons (Fsp3) is 0.125. The van der Waals surface area contributed by atoms with Crippen molar-refractivity contribution in [3.8, 4) is 11.5 Å². The molecule has 132 valence electrons. The minimum Gasteiger partial charge on any atom is -0.467 e. The molecule has 1 saturated heterocycles. The Morgan fingerprint density at radius 2 is 2.12 bits per heavy atom. The number of benzene rings is 1. The maximum absolute atomic E-state index is 12.6. The zero-order chi connectivity index (χ0) is 18.3. The summed E-state index contributed by atoms with van der Waals surface area (Å²) < 4.78 is 15.6. The Kier molecular flexibility index (Phi) is 3.81. The van der Waals surface area contributed by atoms with E-state index in [1.807, 2.05) is 0 Å². The molecule has 1 N–H and O–H groups in total. The van der Waals surface area contributed by atoms with Crippen molar-refractivity contribution < 1.29 is 23.6 Å². The number of hydrogen-bond acceptors (Lipinski definition) is 7. The van der Waals surface area contributed by atoms with Gasteiger partial charge in [-0.25, -0.2) is 0 Å². The lowest BCUT2D eigenvalue weighted by molar-refractivity contribution is -0.385. The number of amides is 1. The lowest BCUT2D eigenvalue weighted by Gasteiger charge is -2.11. The average Bonchev–Trinajstić information content (AvgIpc) is 3.32. The van der Waals surface area contributed by atoms with Crippen molar-refractivity contribution in [3.05, 3.63) is 57.7 Å². The SMILES string of the molecule is O=C1/C(=C\c2cc3c(cc2[N+](=O)[O-])OCO3)NC(=S)N1Cc1ccco1. The molecule has 0 saturated carbocycles. The van der Waals surface area contributed by atoms with Crippen molar-refractivity contribution in [1.29, 1.82) is 0 Å². The van der Waals surface area contributed by atoms with Crippen LogP contribution in [0.5, 0.6) is 11.5 Å². The van der Waals surface area contributed by atoms with E-state index in [1.54, 1.807) is 12.1 Å². The summed E-state index contributed by atoms with van der Waals surface area (Å²) in [6.45, 7) is 0.156. The summed E-state index contributed by atoms with van der Waals surface area (Å²) >= 11 is 5.18. The molecule has 0 atom stereocenters. The molecule has 9 nitrogen and oxygen atoms in total. The van der Waals surface area contributed by atoms with Gasteiger partial charge in [0.25, 0.3) is 11.6 Å². The Morgan fingerprint density at radius 1 is 1.35 bits per heavy atom. The molecule has 0 bridgehead atoms. The van der Waals surface area contributed by atoms with Crippen molar-refractivity contribution >= 4 is 35.0 Å². The molecule has 0 unspecified atom stereocenters. The van der Waals surface area contributed by atoms with Gasteiger partial charge in [0.1, 0.15) is 11.5 Å². The van der Waals surface area contributed by atoms with E-state index in [0.717, 1.165) is 0 Å². The van der Waals surface area contributed by atoms with Gasteiger partial charge in [-0.15, -0.1) is 0 Å². The first-order valence-electron chi connectivity index (χ1n) is 7.48. The van der Waals surface area contributed by atoms with E-state index < -0.39 is 10.8 Å². The summed E-state index contributed by atoms with van der Waals surface area (Å²) in [7, 11) is 0. The number of furan rings is 1. The summed E-state index contributed by atoms with van der Waals surface area (Å²) in [6.07, 6.45) is 2.87. The Balaban J connectivity index is 1.67. The predicted octanol–water partition coefficient (Wildman–Crippen LogP) is 2.17. The molecule has 1 aromatic heterocycles. The molecule has 2 aliphatic rings. The van der Waals surface area contributed by atoms with Gasteiger partial charge in [-0.1, -0.05) is 0 Å². The number of fused-ring (bicyclic) bond motifs is 1. The van der Waals surface area contributed by atoms with Crippen molar-refractivity contribution in [1.82, 2.24) is 10.2 Å². The molecule has 2 aliphatic heterocycles. The normalized spacial score (nSPS) is 17.1. The van der Waals surface area contributed by atoms with E-state index in [2.05, 4.69) is 5.32 Å². The zero-order valence-electron chi connectivity index (χ0n) is 13.1. The van der Waals surface area contributed by atoms with Crippen LogP contribution in [-0.4, -0.2) is 27.6 Å². The van der Waals surface area contributed by atoms with Gasteiger partial charge in [-0.3, -0.25) is 19.8 Å². The predicted molar refractivity (Wildman–Crippen MR) is 92.2 cm³/mol. The number of hydrogen-bond donors (Lipinski definition) is 1. The molecule has 26 heavy (non-hydrogen) atoms. The summed E-state index contributed by atoms with van der Waals surface area (Å²) in [5.41, 5.74) is 0.132. The quantitative estimate of drug-likeness (QED) is 0.376. The molecule has 3 heterocycles. The van der Waals surface area contributed by atoms with Gasteiger partial charge < -0.3 is 19.2 Å². The average molecular weight is 373 g/mol. The second-order valence-electron chi connectivity index (χ2n) is 5.48. The molecule has 0 spiro atoms. The van der Waals surface area contributed by atoms with Gasteiger partial charge in [-0.2, -0.15) is 0 Å². The van der Waals surface area contributed by atoms with Gasteiger partial charge in [0, 0.05) is 0 Å². The molecule has 0 radical (unpaired) electrons. The molecular weight excluding hydrogens is 362 g/mol. The van der Waals surface area contributed by atoms with E-state index in [1.165, 1.54) is 29.4 Å². The van der Waals surface area contributed by atoms with Crippen molar-refractivity contribution in [2.45, 2.75) is 6.54 Å². The minimum absolute atomic E-state index is 0.00922. The fourth-order valence-electron chi connectivity index (χ4n) is 2.65. The Labute approximate surface area is 151 Å². The van der Waals surface area contributed by atoms with Gasteiger partial charge in [0.15, 0.2) is 16.6 Å². The highest BCUT2D eigenvalue weighted by Gasteiger charge is 2.32. The van der Waals surface area contributed by atoms with Crippen LogP contribution in [0.15, 0.2) is 40.6 Å². The monoisotopic (exact) mass is 373 g/mol. The number of thiocarbonyl (C=S) groups is 1. The van der Waals surface area contributed by atoms with E-state index >= 15 is 0 Å². The van der Waals surface area contributed by atoms with Crippen molar-refractivity contribution in [2.24, 2.45) is 0 Å². The topological polar surface area (TPSA) is 107 Å². The largest absolute Gasteiger partial charge is 0.467 e. The van der Waals surface area contributed by atoms with Crippen LogP contribution in [0.25, 0.3) is 6.08 Å². The number of rotatable bonds is 4. The van der Waals surface area contributed by atoms with Gasteiger partial charge in [0.05, 0.1) is 29.4 Å². The maximum atomic E-state index is 12.6. The highest BCUT2D eigenvalue weighted by Crippen LogP contribution is 2.38. The molecule has 1 fully saturated rings. The number of nitrogens with one attached hydrogen (secondary N) is 1. The molecule has 4 rings (SSSR count). The third-order valence-electron chi connectivity index (χ3n) is 3.87. The van der Waals surface area contributed by atoms with E-state index in [9.17, 15) is 14.9 Å². The highest BCUT2D eigenvalue weighted by molar-refractivity contribution is 7.80. The van der Waals surface area contributed by atoms with Crippen LogP contribution in [0.3, 0.4) is 0 Å². The molecular formula is C16H11N3O6S. The summed E-state index contributed by atoms with van der Waals surface area (Å²) in [4.78, 5) is 24.7. The van der Waals surface area contributed by atoms with E-state index in [0.29, 0.717) is 17.3 Å². The standard InChI is InChI=1S/C16H11N3O6S/c20-15-11(17-16(26)18(15)7-10-2-1-3-23-10)4-9-5-13-14(25-8-24-13)6-12(9)19(21)22/h1-6H,7-8H2,(H,17,26)/b11-4+. The summed E-state index contributed by atoms with van der Waals surface area (Å²) in [6, 6.07) is 6.16. The number of nitro benzene ring substituents is 1. The van der Waals surface area contributed by atoms with E-state index in [4.69, 9.17) is 26.1 Å². The van der Waals surface area contributed by atoms with Crippen molar-refractivity contribution in [3.63, 3.8) is 0 Å². The van der Waals surface area contributed by atoms with Crippen molar-refractivity contribution in [2.75, 3.05) is 6.79 Å². The fourth-order valence-corrected chi connectivity index (χ4v) is 2.91.